The molecule has 16 heavy (non-hydrogen) atoms. The van der Waals surface area contributed by atoms with Crippen molar-refractivity contribution in [1.29, 1.82) is 0 Å². The summed E-state index contributed by atoms with van der Waals surface area (Å²) in [4.78, 5) is 22.0. The molecule has 0 saturated carbocycles. The molecule has 0 amide bonds. The molecule has 1 aromatic rings. The molecular formula is C11H11ClO4. The molecule has 1 N–H and O–H groups in total. The molecule has 0 bridgehead atoms. The zero-order valence-electron chi connectivity index (χ0n) is 8.70. The average Bonchev–Trinajstić information content (AvgIpc) is 2.25. The lowest BCUT2D eigenvalue weighted by Gasteiger charge is -2.07. The van der Waals surface area contributed by atoms with Gasteiger partial charge >= 0.3 is 5.97 Å². The van der Waals surface area contributed by atoms with E-state index in [0.29, 0.717) is 16.3 Å². The van der Waals surface area contributed by atoms with Gasteiger partial charge < -0.3 is 9.84 Å². The monoisotopic (exact) mass is 242 g/mol. The van der Waals surface area contributed by atoms with Crippen molar-refractivity contribution < 1.29 is 19.4 Å². The Morgan fingerprint density at radius 2 is 2.06 bits per heavy atom. The second-order valence-corrected chi connectivity index (χ2v) is 3.60. The molecule has 0 aromatic heterocycles. The summed E-state index contributed by atoms with van der Waals surface area (Å²) < 4.78 is 5.00. The minimum atomic E-state index is -0.999. The average molecular weight is 243 g/mol. The van der Waals surface area contributed by atoms with E-state index in [4.69, 9.17) is 21.4 Å². The SMILES string of the molecule is COc1cc(Cl)ccc1C(=O)CCC(=O)O. The zero-order chi connectivity index (χ0) is 12.1. The molecule has 1 aromatic carbocycles. The lowest BCUT2D eigenvalue weighted by molar-refractivity contribution is -0.136. The van der Waals surface area contributed by atoms with Gasteiger partial charge in [0.2, 0.25) is 0 Å². The quantitative estimate of drug-likeness (QED) is 0.806. The van der Waals surface area contributed by atoms with E-state index in [2.05, 4.69) is 0 Å². The number of halogens is 1. The Hall–Kier alpha value is -1.55. The molecular weight excluding hydrogens is 232 g/mol. The fraction of sp³-hybridized carbons (Fsp3) is 0.273. The minimum Gasteiger partial charge on any atom is -0.496 e. The van der Waals surface area contributed by atoms with Gasteiger partial charge in [-0.15, -0.1) is 0 Å². The van der Waals surface area contributed by atoms with E-state index in [0.717, 1.165) is 0 Å². The second-order valence-electron chi connectivity index (χ2n) is 3.16. The van der Waals surface area contributed by atoms with Crippen LogP contribution in [0.5, 0.6) is 5.75 Å². The Morgan fingerprint density at radius 1 is 1.38 bits per heavy atom. The largest absolute Gasteiger partial charge is 0.496 e. The van der Waals surface area contributed by atoms with E-state index >= 15 is 0 Å². The lowest BCUT2D eigenvalue weighted by atomic mass is 10.1. The standard InChI is InChI=1S/C11H11ClO4/c1-16-10-6-7(12)2-3-8(10)9(13)4-5-11(14)15/h2-3,6H,4-5H2,1H3,(H,14,15). The van der Waals surface area contributed by atoms with E-state index in [1.54, 1.807) is 6.07 Å². The van der Waals surface area contributed by atoms with Crippen LogP contribution in [0.2, 0.25) is 5.02 Å². The molecule has 1 rings (SSSR count). The number of methoxy groups -OCH3 is 1. The predicted octanol–water partition coefficient (Wildman–Crippen LogP) is 2.40. The van der Waals surface area contributed by atoms with Gasteiger partial charge in [0.05, 0.1) is 19.1 Å². The molecule has 0 saturated heterocycles. The normalized spacial score (nSPS) is 9.88. The summed E-state index contributed by atoms with van der Waals surface area (Å²) in [5, 5.41) is 8.94. The highest BCUT2D eigenvalue weighted by Crippen LogP contribution is 2.24. The number of rotatable bonds is 5. The maximum absolute atomic E-state index is 11.7. The highest BCUT2D eigenvalue weighted by Gasteiger charge is 2.13. The van der Waals surface area contributed by atoms with E-state index in [-0.39, 0.29) is 18.6 Å². The number of carboxylic acid groups (broad SMARTS) is 1. The zero-order valence-corrected chi connectivity index (χ0v) is 9.45. The van der Waals surface area contributed by atoms with Gasteiger partial charge in [0.25, 0.3) is 0 Å². The number of benzene rings is 1. The van der Waals surface area contributed by atoms with Crippen LogP contribution < -0.4 is 4.74 Å². The van der Waals surface area contributed by atoms with Crippen molar-refractivity contribution in [2.45, 2.75) is 12.8 Å². The van der Waals surface area contributed by atoms with Gasteiger partial charge in [0, 0.05) is 11.4 Å². The van der Waals surface area contributed by atoms with Crippen molar-refractivity contribution in [3.8, 4) is 5.75 Å². The molecule has 0 unspecified atom stereocenters. The van der Waals surface area contributed by atoms with Gasteiger partial charge in [-0.2, -0.15) is 0 Å². The molecule has 0 aliphatic rings. The lowest BCUT2D eigenvalue weighted by Crippen LogP contribution is -2.05. The van der Waals surface area contributed by atoms with Gasteiger partial charge in [0.15, 0.2) is 5.78 Å². The van der Waals surface area contributed by atoms with Crippen LogP contribution in [0.3, 0.4) is 0 Å². The van der Waals surface area contributed by atoms with Crippen LogP contribution in [0, 0.1) is 0 Å². The second kappa shape index (κ2) is 5.51. The van der Waals surface area contributed by atoms with Gasteiger partial charge in [0.1, 0.15) is 5.75 Å². The summed E-state index contributed by atoms with van der Waals surface area (Å²) in [6, 6.07) is 4.62. The number of carbonyl (C=O) groups excluding carboxylic acids is 1. The molecule has 0 heterocycles. The molecule has 86 valence electrons. The third kappa shape index (κ3) is 3.24. The Labute approximate surface area is 97.8 Å². The third-order valence-corrected chi connectivity index (χ3v) is 2.27. The highest BCUT2D eigenvalue weighted by atomic mass is 35.5. The van der Waals surface area contributed by atoms with Crippen LogP contribution in [0.4, 0.5) is 0 Å². The first-order valence-electron chi connectivity index (χ1n) is 4.63. The van der Waals surface area contributed by atoms with Gasteiger partial charge in [-0.1, -0.05) is 11.6 Å². The molecule has 0 fully saturated rings. The molecule has 5 heteroatoms. The molecule has 0 spiro atoms. The van der Waals surface area contributed by atoms with Crippen molar-refractivity contribution in [1.82, 2.24) is 0 Å². The number of Topliss-reactive ketones (excluding diaryl/α,β-unsaturated/α-hetero) is 1. The maximum atomic E-state index is 11.7. The summed E-state index contributed by atoms with van der Waals surface area (Å²) in [5.41, 5.74) is 0.355. The molecule has 0 radical (unpaired) electrons. The number of carbonyl (C=O) groups is 2. The van der Waals surface area contributed by atoms with Crippen molar-refractivity contribution >= 4 is 23.4 Å². The Bertz CT molecular complexity index is 414. The van der Waals surface area contributed by atoms with E-state index < -0.39 is 5.97 Å². The third-order valence-electron chi connectivity index (χ3n) is 2.03. The van der Waals surface area contributed by atoms with E-state index in [1.165, 1.54) is 19.2 Å². The van der Waals surface area contributed by atoms with Crippen molar-refractivity contribution in [3.05, 3.63) is 28.8 Å². The van der Waals surface area contributed by atoms with E-state index in [1.807, 2.05) is 0 Å². The number of aliphatic carboxylic acids is 1. The maximum Gasteiger partial charge on any atom is 0.303 e. The first kappa shape index (κ1) is 12.5. The highest BCUT2D eigenvalue weighted by molar-refractivity contribution is 6.30. The number of hydrogen-bond acceptors (Lipinski definition) is 3. The number of ketones is 1. The summed E-state index contributed by atoms with van der Waals surface area (Å²) in [5.74, 6) is -0.903. The first-order valence-corrected chi connectivity index (χ1v) is 5.01. The predicted molar refractivity (Wildman–Crippen MR) is 59.2 cm³/mol. The summed E-state index contributed by atoms with van der Waals surface area (Å²) >= 11 is 5.74. The number of ether oxygens (including phenoxy) is 1. The topological polar surface area (TPSA) is 63.6 Å². The van der Waals surface area contributed by atoms with Crippen LogP contribution in [-0.2, 0) is 4.79 Å². The van der Waals surface area contributed by atoms with Crippen molar-refractivity contribution in [2.75, 3.05) is 7.11 Å². The van der Waals surface area contributed by atoms with Crippen LogP contribution in [0.25, 0.3) is 0 Å². The first-order chi connectivity index (χ1) is 7.54. The van der Waals surface area contributed by atoms with Crippen molar-refractivity contribution in [3.63, 3.8) is 0 Å². The smallest absolute Gasteiger partial charge is 0.303 e. The van der Waals surface area contributed by atoms with Gasteiger partial charge in [-0.25, -0.2) is 0 Å². The fourth-order valence-electron chi connectivity index (χ4n) is 1.25. The molecule has 0 aliphatic carbocycles. The van der Waals surface area contributed by atoms with E-state index in [9.17, 15) is 9.59 Å². The van der Waals surface area contributed by atoms with Crippen LogP contribution >= 0.6 is 11.6 Å². The summed E-state index contributed by atoms with van der Waals surface area (Å²) in [6.07, 6.45) is -0.238. The summed E-state index contributed by atoms with van der Waals surface area (Å²) in [7, 11) is 1.43. The minimum absolute atomic E-state index is 0.0483. The van der Waals surface area contributed by atoms with Crippen molar-refractivity contribution in [2.24, 2.45) is 0 Å². The number of hydrogen-bond donors (Lipinski definition) is 1. The Morgan fingerprint density at radius 3 is 2.62 bits per heavy atom. The Kier molecular flexibility index (Phi) is 4.31. The summed E-state index contributed by atoms with van der Waals surface area (Å²) in [6.45, 7) is 0. The Balaban J connectivity index is 2.86. The molecule has 4 nitrogen and oxygen atoms in total. The van der Waals surface area contributed by atoms with Gasteiger partial charge in [-0.05, 0) is 18.2 Å². The fourth-order valence-corrected chi connectivity index (χ4v) is 1.41. The van der Waals surface area contributed by atoms with Crippen LogP contribution in [0.1, 0.15) is 23.2 Å². The molecule has 0 atom stereocenters. The van der Waals surface area contributed by atoms with Gasteiger partial charge in [-0.3, -0.25) is 9.59 Å². The molecule has 0 aliphatic heterocycles. The van der Waals surface area contributed by atoms with Crippen LogP contribution in [-0.4, -0.2) is 24.0 Å². The van der Waals surface area contributed by atoms with Crippen LogP contribution in [0.15, 0.2) is 18.2 Å². The number of carboxylic acids is 1.